The molecule has 0 unspecified atom stereocenters. The van der Waals surface area contributed by atoms with Crippen molar-refractivity contribution in [2.45, 2.75) is 17.9 Å². The molecule has 1 aromatic heterocycles. The number of methoxy groups -OCH3 is 1. The van der Waals surface area contributed by atoms with E-state index in [9.17, 15) is 13.2 Å². The molecule has 29 heavy (non-hydrogen) atoms. The van der Waals surface area contributed by atoms with Crippen molar-refractivity contribution in [2.75, 3.05) is 13.7 Å². The first-order valence-corrected chi connectivity index (χ1v) is 10.5. The maximum absolute atomic E-state index is 12.5. The van der Waals surface area contributed by atoms with Gasteiger partial charge in [-0.3, -0.25) is 4.79 Å². The molecule has 0 spiro atoms. The van der Waals surface area contributed by atoms with E-state index in [4.69, 9.17) is 9.15 Å². The van der Waals surface area contributed by atoms with Gasteiger partial charge in [0.05, 0.1) is 24.8 Å². The minimum absolute atomic E-state index is 0.0202. The van der Waals surface area contributed by atoms with Crippen LogP contribution in [-0.2, 0) is 23.0 Å². The Kier molecular flexibility index (Phi) is 6.69. The summed E-state index contributed by atoms with van der Waals surface area (Å²) in [6.45, 7) is 0.465. The number of benzene rings is 2. The average molecular weight is 414 g/mol. The van der Waals surface area contributed by atoms with Crippen LogP contribution in [0.5, 0.6) is 5.75 Å². The van der Waals surface area contributed by atoms with Gasteiger partial charge in [0.1, 0.15) is 11.5 Å². The van der Waals surface area contributed by atoms with Crippen molar-refractivity contribution >= 4 is 15.9 Å². The van der Waals surface area contributed by atoms with Gasteiger partial charge in [-0.1, -0.05) is 18.2 Å². The smallest absolute Gasteiger partial charge is 0.251 e. The zero-order chi connectivity index (χ0) is 20.7. The molecule has 3 rings (SSSR count). The van der Waals surface area contributed by atoms with Crippen LogP contribution in [0.25, 0.3) is 0 Å². The molecule has 2 N–H and O–H groups in total. The fourth-order valence-electron chi connectivity index (χ4n) is 2.68. The molecule has 0 fully saturated rings. The zero-order valence-corrected chi connectivity index (χ0v) is 16.7. The Morgan fingerprint density at radius 1 is 1.07 bits per heavy atom. The van der Waals surface area contributed by atoms with Crippen molar-refractivity contribution in [3.8, 4) is 5.75 Å². The number of nitrogens with one attached hydrogen (secondary N) is 2. The Bertz CT molecular complexity index is 1040. The lowest BCUT2D eigenvalue weighted by Crippen LogP contribution is -2.27. The Balaban J connectivity index is 1.58. The molecule has 1 heterocycles. The highest BCUT2D eigenvalue weighted by Crippen LogP contribution is 2.13. The average Bonchev–Trinajstić information content (AvgIpc) is 3.27. The Morgan fingerprint density at radius 3 is 2.55 bits per heavy atom. The first-order chi connectivity index (χ1) is 14.0. The van der Waals surface area contributed by atoms with Crippen LogP contribution in [0.3, 0.4) is 0 Å². The predicted molar refractivity (Wildman–Crippen MR) is 108 cm³/mol. The lowest BCUT2D eigenvalue weighted by Gasteiger charge is -2.09. The van der Waals surface area contributed by atoms with E-state index < -0.39 is 10.0 Å². The molecule has 0 aliphatic rings. The maximum Gasteiger partial charge on any atom is 0.251 e. The second-order valence-electron chi connectivity index (χ2n) is 6.29. The van der Waals surface area contributed by atoms with Gasteiger partial charge in [-0.2, -0.15) is 0 Å². The van der Waals surface area contributed by atoms with E-state index in [1.807, 2.05) is 24.3 Å². The van der Waals surface area contributed by atoms with E-state index in [0.717, 1.165) is 11.3 Å². The van der Waals surface area contributed by atoms with Crippen molar-refractivity contribution in [1.82, 2.24) is 10.0 Å². The number of hydrogen-bond donors (Lipinski definition) is 2. The van der Waals surface area contributed by atoms with E-state index in [2.05, 4.69) is 10.0 Å². The highest BCUT2D eigenvalue weighted by molar-refractivity contribution is 7.89. The second kappa shape index (κ2) is 9.40. The maximum atomic E-state index is 12.5. The summed E-state index contributed by atoms with van der Waals surface area (Å²) < 4.78 is 37.6. The Morgan fingerprint density at radius 2 is 1.86 bits per heavy atom. The van der Waals surface area contributed by atoms with Gasteiger partial charge < -0.3 is 14.5 Å². The third-order valence-electron chi connectivity index (χ3n) is 4.28. The molecule has 3 aromatic rings. The van der Waals surface area contributed by atoms with Crippen LogP contribution in [-0.4, -0.2) is 28.0 Å². The van der Waals surface area contributed by atoms with Gasteiger partial charge in [0.25, 0.3) is 5.91 Å². The number of hydrogen-bond acceptors (Lipinski definition) is 5. The third kappa shape index (κ3) is 5.69. The van der Waals surface area contributed by atoms with E-state index in [1.54, 1.807) is 31.4 Å². The summed E-state index contributed by atoms with van der Waals surface area (Å²) in [7, 11) is -2.16. The van der Waals surface area contributed by atoms with Gasteiger partial charge >= 0.3 is 0 Å². The second-order valence-corrected chi connectivity index (χ2v) is 8.05. The van der Waals surface area contributed by atoms with Gasteiger partial charge in [0.2, 0.25) is 10.0 Å². The lowest BCUT2D eigenvalue weighted by molar-refractivity contribution is 0.0954. The van der Waals surface area contributed by atoms with Crippen molar-refractivity contribution < 1.29 is 22.4 Å². The molecule has 2 aromatic carbocycles. The van der Waals surface area contributed by atoms with Gasteiger partial charge in [-0.15, -0.1) is 0 Å². The van der Waals surface area contributed by atoms with Crippen LogP contribution in [0.1, 0.15) is 21.7 Å². The molecule has 7 nitrogen and oxygen atoms in total. The molecule has 0 atom stereocenters. The fourth-order valence-corrected chi connectivity index (χ4v) is 3.72. The molecule has 0 aliphatic carbocycles. The molecule has 0 bridgehead atoms. The topological polar surface area (TPSA) is 97.6 Å². The highest BCUT2D eigenvalue weighted by atomic mass is 32.2. The van der Waals surface area contributed by atoms with Crippen LogP contribution in [0, 0.1) is 0 Å². The first kappa shape index (κ1) is 20.6. The Hall–Kier alpha value is -3.10. The minimum atomic E-state index is -3.76. The fraction of sp³-hybridized carbons (Fsp3) is 0.190. The minimum Gasteiger partial charge on any atom is -0.497 e. The molecular weight excluding hydrogens is 392 g/mol. The Labute approximate surface area is 169 Å². The van der Waals surface area contributed by atoms with Gasteiger partial charge in [0.15, 0.2) is 0 Å². The number of carbonyl (C=O) groups excluding carboxylic acids is 1. The predicted octanol–water partition coefficient (Wildman–Crippen LogP) is 2.74. The summed E-state index contributed by atoms with van der Waals surface area (Å²) in [5, 5.41) is 2.81. The molecule has 152 valence electrons. The standard InChI is InChI=1S/C21H22N2O5S/c1-27-18-9-7-16(8-10-18)11-12-22-21(24)17-4-2-6-20(14-17)29(25,26)23-15-19-5-3-13-28-19/h2-10,13-14,23H,11-12,15H2,1H3,(H,22,24). The van der Waals surface area contributed by atoms with Gasteiger partial charge in [0, 0.05) is 12.1 Å². The monoisotopic (exact) mass is 414 g/mol. The van der Waals surface area contributed by atoms with E-state index in [1.165, 1.54) is 18.4 Å². The van der Waals surface area contributed by atoms with Crippen molar-refractivity contribution in [3.05, 3.63) is 83.8 Å². The van der Waals surface area contributed by atoms with Crippen molar-refractivity contribution in [3.63, 3.8) is 0 Å². The number of carbonyl (C=O) groups is 1. The summed E-state index contributed by atoms with van der Waals surface area (Å²) in [5.74, 6) is 0.944. The number of rotatable bonds is 9. The van der Waals surface area contributed by atoms with E-state index in [0.29, 0.717) is 18.7 Å². The highest BCUT2D eigenvalue weighted by Gasteiger charge is 2.16. The first-order valence-electron chi connectivity index (χ1n) is 9.01. The molecule has 8 heteroatoms. The quantitative estimate of drug-likeness (QED) is 0.561. The molecular formula is C21H22N2O5S. The number of furan rings is 1. The van der Waals surface area contributed by atoms with Gasteiger partial charge in [-0.05, 0) is 54.4 Å². The number of ether oxygens (including phenoxy) is 1. The zero-order valence-electron chi connectivity index (χ0n) is 15.9. The summed E-state index contributed by atoms with van der Waals surface area (Å²) >= 11 is 0. The SMILES string of the molecule is COc1ccc(CCNC(=O)c2cccc(S(=O)(=O)NCc3ccco3)c2)cc1. The van der Waals surface area contributed by atoms with E-state index >= 15 is 0 Å². The number of amides is 1. The van der Waals surface area contributed by atoms with Gasteiger partial charge in [-0.25, -0.2) is 13.1 Å². The molecule has 0 aliphatic heterocycles. The number of sulfonamides is 1. The van der Waals surface area contributed by atoms with Crippen LogP contribution in [0.4, 0.5) is 0 Å². The summed E-state index contributed by atoms with van der Waals surface area (Å²) in [4.78, 5) is 12.4. The molecule has 0 radical (unpaired) electrons. The molecule has 1 amide bonds. The van der Waals surface area contributed by atoms with Crippen LogP contribution < -0.4 is 14.8 Å². The lowest BCUT2D eigenvalue weighted by atomic mass is 10.1. The van der Waals surface area contributed by atoms with Crippen LogP contribution in [0.2, 0.25) is 0 Å². The van der Waals surface area contributed by atoms with Crippen molar-refractivity contribution in [2.24, 2.45) is 0 Å². The van der Waals surface area contributed by atoms with Crippen LogP contribution >= 0.6 is 0 Å². The van der Waals surface area contributed by atoms with Crippen LogP contribution in [0.15, 0.2) is 76.2 Å². The van der Waals surface area contributed by atoms with E-state index in [-0.39, 0.29) is 22.9 Å². The molecule has 0 saturated heterocycles. The summed E-state index contributed by atoms with van der Waals surface area (Å²) in [6, 6.07) is 16.9. The molecule has 0 saturated carbocycles. The summed E-state index contributed by atoms with van der Waals surface area (Å²) in [6.07, 6.45) is 2.12. The summed E-state index contributed by atoms with van der Waals surface area (Å²) in [5.41, 5.74) is 1.34. The van der Waals surface area contributed by atoms with Crippen molar-refractivity contribution in [1.29, 1.82) is 0 Å². The largest absolute Gasteiger partial charge is 0.497 e. The normalized spacial score (nSPS) is 11.2. The third-order valence-corrected chi connectivity index (χ3v) is 5.68.